The number of allylic oxidation sites excluding steroid dienone is 6. The molecule has 0 aromatic heterocycles. The summed E-state index contributed by atoms with van der Waals surface area (Å²) in [6.45, 7) is 10.2. The Morgan fingerprint density at radius 3 is 2.19 bits per heavy atom. The number of anilines is 1. The number of hydrogen-bond donors (Lipinski definition) is 3. The molecule has 0 aliphatic heterocycles. The molecular formula is C30H39NO5. The predicted molar refractivity (Wildman–Crippen MR) is 147 cm³/mol. The van der Waals surface area contributed by atoms with Crippen LogP contribution in [0.15, 0.2) is 59.2 Å². The summed E-state index contributed by atoms with van der Waals surface area (Å²) < 4.78 is 11.0. The molecule has 0 atom stereocenters. The molecule has 0 aliphatic rings. The molecule has 1 amide bonds. The van der Waals surface area contributed by atoms with Gasteiger partial charge in [-0.15, -0.1) is 0 Å². The van der Waals surface area contributed by atoms with Crippen molar-refractivity contribution in [1.29, 1.82) is 0 Å². The molecule has 0 aliphatic carbocycles. The maximum Gasteiger partial charge on any atom is 0.256 e. The zero-order valence-corrected chi connectivity index (χ0v) is 22.5. The van der Waals surface area contributed by atoms with E-state index in [1.807, 2.05) is 19.9 Å². The van der Waals surface area contributed by atoms with E-state index < -0.39 is 0 Å². The number of phenolic OH excluding ortho intramolecular Hbond substituents is 2. The molecule has 6 nitrogen and oxygen atoms in total. The molecule has 194 valence electrons. The molecular weight excluding hydrogens is 454 g/mol. The number of amides is 1. The third-order valence-electron chi connectivity index (χ3n) is 5.79. The van der Waals surface area contributed by atoms with Crippen molar-refractivity contribution in [3.05, 3.63) is 75.9 Å². The normalized spacial score (nSPS) is 11.0. The number of hydrogen-bond acceptors (Lipinski definition) is 5. The highest BCUT2D eigenvalue weighted by Gasteiger charge is 2.19. The van der Waals surface area contributed by atoms with Crippen molar-refractivity contribution in [1.82, 2.24) is 0 Å². The number of benzene rings is 2. The molecule has 2 aromatic rings. The van der Waals surface area contributed by atoms with Crippen LogP contribution < -0.4 is 14.8 Å². The van der Waals surface area contributed by atoms with Crippen LogP contribution in [0.3, 0.4) is 0 Å². The van der Waals surface area contributed by atoms with E-state index in [-0.39, 0.29) is 17.4 Å². The molecule has 0 fully saturated rings. The van der Waals surface area contributed by atoms with Crippen LogP contribution in [-0.4, -0.2) is 30.3 Å². The molecule has 0 unspecified atom stereocenters. The highest BCUT2D eigenvalue weighted by Crippen LogP contribution is 2.35. The zero-order chi connectivity index (χ0) is 26.8. The van der Waals surface area contributed by atoms with Crippen LogP contribution in [0.25, 0.3) is 0 Å². The number of ether oxygens (including phenoxy) is 2. The lowest BCUT2D eigenvalue weighted by Gasteiger charge is -2.16. The lowest BCUT2D eigenvalue weighted by molar-refractivity contribution is 0.102. The van der Waals surface area contributed by atoms with Crippen molar-refractivity contribution in [2.24, 2.45) is 0 Å². The van der Waals surface area contributed by atoms with E-state index in [0.717, 1.165) is 24.0 Å². The maximum absolute atomic E-state index is 13.4. The van der Waals surface area contributed by atoms with Crippen LogP contribution in [-0.2, 0) is 12.8 Å². The number of rotatable bonds is 11. The first-order valence-corrected chi connectivity index (χ1v) is 12.1. The minimum Gasteiger partial charge on any atom is -0.504 e. The van der Waals surface area contributed by atoms with E-state index in [4.69, 9.17) is 9.47 Å². The van der Waals surface area contributed by atoms with Crippen molar-refractivity contribution < 1.29 is 24.5 Å². The Hall–Kier alpha value is -3.67. The molecule has 6 heteroatoms. The average molecular weight is 494 g/mol. The van der Waals surface area contributed by atoms with E-state index in [9.17, 15) is 15.0 Å². The van der Waals surface area contributed by atoms with Crippen molar-refractivity contribution in [2.45, 2.75) is 60.3 Å². The first kappa shape index (κ1) is 28.6. The van der Waals surface area contributed by atoms with Crippen LogP contribution in [0.5, 0.6) is 23.0 Å². The molecule has 2 rings (SSSR count). The summed E-state index contributed by atoms with van der Waals surface area (Å²) in [4.78, 5) is 13.4. The Bertz CT molecular complexity index is 1170. The van der Waals surface area contributed by atoms with Gasteiger partial charge in [-0.2, -0.15) is 0 Å². The van der Waals surface area contributed by atoms with Gasteiger partial charge in [-0.25, -0.2) is 0 Å². The van der Waals surface area contributed by atoms with E-state index in [2.05, 4.69) is 38.2 Å². The smallest absolute Gasteiger partial charge is 0.256 e. The highest BCUT2D eigenvalue weighted by molar-refractivity contribution is 6.06. The van der Waals surface area contributed by atoms with Crippen molar-refractivity contribution in [3.63, 3.8) is 0 Å². The summed E-state index contributed by atoms with van der Waals surface area (Å²) in [6, 6.07) is 6.45. The van der Waals surface area contributed by atoms with E-state index in [1.165, 1.54) is 24.3 Å². The van der Waals surface area contributed by atoms with Gasteiger partial charge >= 0.3 is 0 Å². The second-order valence-electron chi connectivity index (χ2n) is 9.37. The Balaban J connectivity index is 2.41. The SMILES string of the molecule is COc1cc(OC)c(C/C=C(\C)CCC=C(C)C)c(C(=O)Nc2cc(O)c(O)c(CC=C(C)C)c2)c1. The van der Waals surface area contributed by atoms with Gasteiger partial charge in [0.15, 0.2) is 11.5 Å². The molecule has 0 spiro atoms. The Morgan fingerprint density at radius 1 is 0.889 bits per heavy atom. The first-order valence-electron chi connectivity index (χ1n) is 12.1. The lowest BCUT2D eigenvalue weighted by Crippen LogP contribution is -2.15. The van der Waals surface area contributed by atoms with Gasteiger partial charge in [0.05, 0.1) is 19.8 Å². The summed E-state index contributed by atoms with van der Waals surface area (Å²) in [5.74, 6) is 0.218. The molecule has 0 saturated heterocycles. The van der Waals surface area contributed by atoms with Gasteiger partial charge in [-0.1, -0.05) is 34.9 Å². The van der Waals surface area contributed by atoms with E-state index >= 15 is 0 Å². The third kappa shape index (κ3) is 8.22. The number of nitrogens with one attached hydrogen (secondary N) is 1. The second-order valence-corrected chi connectivity index (χ2v) is 9.37. The maximum atomic E-state index is 13.4. The quantitative estimate of drug-likeness (QED) is 0.176. The Labute approximate surface area is 215 Å². The van der Waals surface area contributed by atoms with Crippen LogP contribution in [0, 0.1) is 0 Å². The zero-order valence-electron chi connectivity index (χ0n) is 22.5. The highest BCUT2D eigenvalue weighted by atomic mass is 16.5. The fourth-order valence-electron chi connectivity index (χ4n) is 3.72. The Kier molecular flexibility index (Phi) is 10.7. The van der Waals surface area contributed by atoms with Crippen LogP contribution in [0.1, 0.15) is 68.9 Å². The number of carbonyl (C=O) groups excluding carboxylic acids is 1. The number of methoxy groups -OCH3 is 2. The fraction of sp³-hybridized carbons (Fsp3) is 0.367. The van der Waals surface area contributed by atoms with Gasteiger partial charge in [-0.05, 0) is 72.4 Å². The van der Waals surface area contributed by atoms with Crippen LogP contribution >= 0.6 is 0 Å². The molecule has 0 saturated carbocycles. The lowest BCUT2D eigenvalue weighted by atomic mass is 9.99. The van der Waals surface area contributed by atoms with Crippen LogP contribution in [0.4, 0.5) is 5.69 Å². The minimum absolute atomic E-state index is 0.192. The van der Waals surface area contributed by atoms with Crippen molar-refractivity contribution >= 4 is 11.6 Å². The summed E-state index contributed by atoms with van der Waals surface area (Å²) in [7, 11) is 3.11. The summed E-state index contributed by atoms with van der Waals surface area (Å²) in [5.41, 5.74) is 5.66. The average Bonchev–Trinajstić information content (AvgIpc) is 2.82. The molecule has 3 N–H and O–H groups in total. The predicted octanol–water partition coefficient (Wildman–Crippen LogP) is 7.11. The molecule has 36 heavy (non-hydrogen) atoms. The molecule has 2 aromatic carbocycles. The van der Waals surface area contributed by atoms with Crippen molar-refractivity contribution in [3.8, 4) is 23.0 Å². The second kappa shape index (κ2) is 13.4. The number of carbonyl (C=O) groups is 1. The molecule has 0 heterocycles. The van der Waals surface area contributed by atoms with Crippen LogP contribution in [0.2, 0.25) is 0 Å². The van der Waals surface area contributed by atoms with Crippen molar-refractivity contribution in [2.75, 3.05) is 19.5 Å². The standard InChI is InChI=1S/C30H39NO5/c1-19(2)9-8-10-21(5)12-14-25-26(17-24(35-6)18-28(25)36-7)30(34)31-23-15-22(13-11-20(3)4)29(33)27(32)16-23/h9,11-12,15-18,32-33H,8,10,13-14H2,1-7H3,(H,31,34)/b21-12+. The largest absolute Gasteiger partial charge is 0.504 e. The van der Waals surface area contributed by atoms with Gasteiger partial charge in [0.25, 0.3) is 5.91 Å². The first-order chi connectivity index (χ1) is 17.0. The van der Waals surface area contributed by atoms with E-state index in [1.54, 1.807) is 25.3 Å². The fourth-order valence-corrected chi connectivity index (χ4v) is 3.72. The van der Waals surface area contributed by atoms with Gasteiger partial charge in [0.2, 0.25) is 0 Å². The number of aromatic hydroxyl groups is 2. The Morgan fingerprint density at radius 2 is 1.58 bits per heavy atom. The topological polar surface area (TPSA) is 88.0 Å². The number of phenols is 2. The van der Waals surface area contributed by atoms with Gasteiger partial charge in [0.1, 0.15) is 11.5 Å². The summed E-state index contributed by atoms with van der Waals surface area (Å²) >= 11 is 0. The van der Waals surface area contributed by atoms with E-state index in [0.29, 0.717) is 41.2 Å². The summed E-state index contributed by atoms with van der Waals surface area (Å²) in [6.07, 6.45) is 9.12. The minimum atomic E-state index is -0.365. The van der Waals surface area contributed by atoms with Gasteiger partial charge < -0.3 is 25.0 Å². The summed E-state index contributed by atoms with van der Waals surface area (Å²) in [5, 5.41) is 23.3. The van der Waals surface area contributed by atoms with Gasteiger partial charge in [0, 0.05) is 28.9 Å². The monoisotopic (exact) mass is 493 g/mol. The molecule has 0 bridgehead atoms. The van der Waals surface area contributed by atoms with Gasteiger partial charge in [-0.3, -0.25) is 4.79 Å². The molecule has 0 radical (unpaired) electrons. The third-order valence-corrected chi connectivity index (χ3v) is 5.79.